The fraction of sp³-hybridized carbons (Fsp3) is 0.588. The van der Waals surface area contributed by atoms with Crippen molar-refractivity contribution in [2.24, 2.45) is 11.7 Å². The van der Waals surface area contributed by atoms with Gasteiger partial charge in [0.05, 0.1) is 13.2 Å². The van der Waals surface area contributed by atoms with Crippen LogP contribution in [0.2, 0.25) is 0 Å². The molecule has 1 aromatic rings. The van der Waals surface area contributed by atoms with E-state index in [0.29, 0.717) is 12.5 Å². The van der Waals surface area contributed by atoms with Crippen LogP contribution in [0.5, 0.6) is 0 Å². The second kappa shape index (κ2) is 9.13. The first kappa shape index (κ1) is 18.9. The summed E-state index contributed by atoms with van der Waals surface area (Å²) in [7, 11) is 0. The molecule has 1 saturated heterocycles. The summed E-state index contributed by atoms with van der Waals surface area (Å²) in [4.78, 5) is 11.9. The monoisotopic (exact) mass is 327 g/mol. The molecule has 1 heterocycles. The molecule has 0 aromatic heterocycles. The molecule has 4 atom stereocenters. The summed E-state index contributed by atoms with van der Waals surface area (Å²) in [5.41, 5.74) is 6.97. The van der Waals surface area contributed by atoms with Crippen LogP contribution < -0.4 is 5.73 Å². The van der Waals surface area contributed by atoms with Crippen molar-refractivity contribution in [2.45, 2.75) is 44.8 Å². The Balaban J connectivity index is 0.00000242. The zero-order chi connectivity index (χ0) is 15.2. The molecule has 2 N–H and O–H groups in total. The molecule has 0 bridgehead atoms. The van der Waals surface area contributed by atoms with Gasteiger partial charge >= 0.3 is 5.97 Å². The largest absolute Gasteiger partial charge is 0.461 e. The number of carbonyl (C=O) groups excluding carboxylic acids is 1. The molecule has 1 aromatic carbocycles. The Morgan fingerprint density at radius 2 is 1.91 bits per heavy atom. The Morgan fingerprint density at radius 3 is 2.55 bits per heavy atom. The third kappa shape index (κ3) is 4.70. The van der Waals surface area contributed by atoms with Crippen LogP contribution in [0.25, 0.3) is 0 Å². The Labute approximate surface area is 138 Å². The van der Waals surface area contributed by atoms with E-state index in [1.807, 2.05) is 25.1 Å². The molecule has 0 saturated carbocycles. The third-order valence-electron chi connectivity index (χ3n) is 4.09. The Bertz CT molecular complexity index is 454. The van der Waals surface area contributed by atoms with Crippen molar-refractivity contribution < 1.29 is 14.3 Å². The first-order valence-electron chi connectivity index (χ1n) is 7.72. The Morgan fingerprint density at radius 1 is 1.23 bits per heavy atom. The van der Waals surface area contributed by atoms with Crippen LogP contribution in [0.15, 0.2) is 30.3 Å². The average Bonchev–Trinajstić information content (AvgIpc) is 2.52. The van der Waals surface area contributed by atoms with Gasteiger partial charge in [0.15, 0.2) is 0 Å². The average molecular weight is 328 g/mol. The van der Waals surface area contributed by atoms with E-state index in [2.05, 4.69) is 19.1 Å². The number of esters is 1. The van der Waals surface area contributed by atoms with Gasteiger partial charge in [-0.25, -0.2) is 0 Å². The van der Waals surface area contributed by atoms with Crippen molar-refractivity contribution in [3.05, 3.63) is 35.9 Å². The summed E-state index contributed by atoms with van der Waals surface area (Å²) in [6.07, 6.45) is 1.91. The van der Waals surface area contributed by atoms with E-state index in [1.54, 1.807) is 0 Å². The number of ether oxygens (including phenoxy) is 2. The SMILES string of the molecule is CCC[C@H]1COC[C@H](N)C(=O)O[C@@H](C)[C@@H]1c1ccccc1.Cl. The molecule has 0 radical (unpaired) electrons. The second-order valence-electron chi connectivity index (χ2n) is 5.77. The smallest absolute Gasteiger partial charge is 0.325 e. The molecule has 1 aliphatic heterocycles. The maximum Gasteiger partial charge on any atom is 0.325 e. The highest BCUT2D eigenvalue weighted by molar-refractivity contribution is 5.85. The van der Waals surface area contributed by atoms with Crippen LogP contribution in [0, 0.1) is 5.92 Å². The molecule has 124 valence electrons. The maximum absolute atomic E-state index is 11.9. The molecule has 1 fully saturated rings. The molecule has 5 heteroatoms. The normalized spacial score (nSPS) is 29.5. The van der Waals surface area contributed by atoms with Crippen molar-refractivity contribution in [3.8, 4) is 0 Å². The lowest BCUT2D eigenvalue weighted by atomic mass is 9.80. The van der Waals surface area contributed by atoms with Crippen LogP contribution >= 0.6 is 12.4 Å². The first-order chi connectivity index (χ1) is 10.1. The van der Waals surface area contributed by atoms with E-state index in [1.165, 1.54) is 5.56 Å². The molecule has 0 unspecified atom stereocenters. The van der Waals surface area contributed by atoms with Crippen LogP contribution in [-0.4, -0.2) is 31.3 Å². The molecular weight excluding hydrogens is 302 g/mol. The van der Waals surface area contributed by atoms with Gasteiger partial charge in [-0.2, -0.15) is 0 Å². The molecule has 1 aliphatic rings. The second-order valence-corrected chi connectivity index (χ2v) is 5.77. The summed E-state index contributed by atoms with van der Waals surface area (Å²) >= 11 is 0. The van der Waals surface area contributed by atoms with E-state index >= 15 is 0 Å². The highest BCUT2D eigenvalue weighted by Gasteiger charge is 2.33. The van der Waals surface area contributed by atoms with Crippen molar-refractivity contribution in [3.63, 3.8) is 0 Å². The number of nitrogens with two attached hydrogens (primary N) is 1. The minimum Gasteiger partial charge on any atom is -0.461 e. The highest BCUT2D eigenvalue weighted by Crippen LogP contribution is 2.34. The van der Waals surface area contributed by atoms with Gasteiger partial charge in [-0.3, -0.25) is 4.79 Å². The highest BCUT2D eigenvalue weighted by atomic mass is 35.5. The summed E-state index contributed by atoms with van der Waals surface area (Å²) in [6, 6.07) is 9.53. The number of hydrogen-bond acceptors (Lipinski definition) is 4. The van der Waals surface area contributed by atoms with Gasteiger partial charge in [0.1, 0.15) is 12.1 Å². The Kier molecular flexibility index (Phi) is 7.87. The molecule has 0 amide bonds. The van der Waals surface area contributed by atoms with Crippen LogP contribution in [-0.2, 0) is 14.3 Å². The van der Waals surface area contributed by atoms with Crippen molar-refractivity contribution >= 4 is 18.4 Å². The fourth-order valence-electron chi connectivity index (χ4n) is 3.10. The lowest BCUT2D eigenvalue weighted by Crippen LogP contribution is -2.38. The van der Waals surface area contributed by atoms with E-state index in [4.69, 9.17) is 15.2 Å². The quantitative estimate of drug-likeness (QED) is 0.867. The van der Waals surface area contributed by atoms with Crippen molar-refractivity contribution in [1.29, 1.82) is 0 Å². The minimum absolute atomic E-state index is 0. The zero-order valence-electron chi connectivity index (χ0n) is 13.2. The number of rotatable bonds is 3. The van der Waals surface area contributed by atoms with Gasteiger partial charge < -0.3 is 15.2 Å². The lowest BCUT2D eigenvalue weighted by molar-refractivity contribution is -0.151. The summed E-state index contributed by atoms with van der Waals surface area (Å²) in [5, 5.41) is 0. The van der Waals surface area contributed by atoms with Gasteiger partial charge in [-0.1, -0.05) is 43.7 Å². The number of benzene rings is 1. The number of cyclic esters (lactones) is 1. The topological polar surface area (TPSA) is 61.5 Å². The van der Waals surface area contributed by atoms with E-state index in [-0.39, 0.29) is 37.0 Å². The van der Waals surface area contributed by atoms with Crippen molar-refractivity contribution in [1.82, 2.24) is 0 Å². The standard InChI is InChI=1S/C17H25NO3.ClH/c1-3-7-14-10-20-11-15(18)17(19)21-12(2)16(14)13-8-5-4-6-9-13;/h4-6,8-9,12,14-16H,3,7,10-11,18H2,1-2H3;1H/t12-,14-,15-,16+;/m0./s1. The van der Waals surface area contributed by atoms with Gasteiger partial charge in [-0.15, -0.1) is 12.4 Å². The van der Waals surface area contributed by atoms with Crippen molar-refractivity contribution in [2.75, 3.05) is 13.2 Å². The predicted octanol–water partition coefficient (Wildman–Crippen LogP) is 2.90. The minimum atomic E-state index is -0.691. The molecule has 0 spiro atoms. The number of carbonyl (C=O) groups is 1. The first-order valence-corrected chi connectivity index (χ1v) is 7.72. The Hall–Kier alpha value is -1.10. The molecule has 0 aliphatic carbocycles. The molecular formula is C17H26ClNO3. The number of halogens is 1. The van der Waals surface area contributed by atoms with E-state index in [9.17, 15) is 4.79 Å². The lowest BCUT2D eigenvalue weighted by Gasteiger charge is -2.31. The maximum atomic E-state index is 11.9. The molecule has 4 nitrogen and oxygen atoms in total. The van der Waals surface area contributed by atoms with Crippen LogP contribution in [0.3, 0.4) is 0 Å². The van der Waals surface area contributed by atoms with E-state index < -0.39 is 6.04 Å². The summed E-state index contributed by atoms with van der Waals surface area (Å²) in [6.45, 7) is 4.96. The van der Waals surface area contributed by atoms with Crippen LogP contribution in [0.1, 0.15) is 38.2 Å². The zero-order valence-corrected chi connectivity index (χ0v) is 14.1. The van der Waals surface area contributed by atoms with Crippen LogP contribution in [0.4, 0.5) is 0 Å². The fourth-order valence-corrected chi connectivity index (χ4v) is 3.10. The van der Waals surface area contributed by atoms with E-state index in [0.717, 1.165) is 12.8 Å². The number of hydrogen-bond donors (Lipinski definition) is 1. The van der Waals surface area contributed by atoms with Gasteiger partial charge in [0.2, 0.25) is 0 Å². The summed E-state index contributed by atoms with van der Waals surface area (Å²) in [5.74, 6) is 0.0893. The third-order valence-corrected chi connectivity index (χ3v) is 4.09. The molecule has 22 heavy (non-hydrogen) atoms. The predicted molar refractivity (Wildman–Crippen MR) is 89.2 cm³/mol. The molecule has 2 rings (SSSR count). The summed E-state index contributed by atoms with van der Waals surface area (Å²) < 4.78 is 11.3. The van der Waals surface area contributed by atoms with Gasteiger partial charge in [-0.05, 0) is 24.8 Å². The van der Waals surface area contributed by atoms with Gasteiger partial charge in [0, 0.05) is 5.92 Å². The van der Waals surface area contributed by atoms with Gasteiger partial charge in [0.25, 0.3) is 0 Å².